The van der Waals surface area contributed by atoms with Crippen LogP contribution in [0, 0.1) is 0 Å². The lowest BCUT2D eigenvalue weighted by molar-refractivity contribution is 0.301. The van der Waals surface area contributed by atoms with Crippen LogP contribution in [0.25, 0.3) is 0 Å². The van der Waals surface area contributed by atoms with Gasteiger partial charge in [-0.3, -0.25) is 4.99 Å². The Bertz CT molecular complexity index is 564. The SMILES string of the molecule is C=CC=N/C(=C\C)CN1CCOc2ccc(OCCC)cc21. The second kappa shape index (κ2) is 8.27. The number of fused-ring (bicyclic) bond motifs is 1. The molecule has 4 nitrogen and oxygen atoms in total. The van der Waals surface area contributed by atoms with Crippen molar-refractivity contribution >= 4 is 11.9 Å². The van der Waals surface area contributed by atoms with Gasteiger partial charge in [-0.1, -0.05) is 25.7 Å². The molecule has 0 saturated heterocycles. The van der Waals surface area contributed by atoms with Crippen LogP contribution in [0.4, 0.5) is 5.69 Å². The fourth-order valence-corrected chi connectivity index (χ4v) is 2.28. The van der Waals surface area contributed by atoms with Gasteiger partial charge >= 0.3 is 0 Å². The second-order valence-corrected chi connectivity index (χ2v) is 5.04. The van der Waals surface area contributed by atoms with E-state index in [1.807, 2.05) is 25.1 Å². The van der Waals surface area contributed by atoms with Crippen LogP contribution in [0.5, 0.6) is 11.5 Å². The predicted molar refractivity (Wildman–Crippen MR) is 92.4 cm³/mol. The summed E-state index contributed by atoms with van der Waals surface area (Å²) < 4.78 is 11.5. The van der Waals surface area contributed by atoms with Gasteiger partial charge in [0.1, 0.15) is 18.1 Å². The summed E-state index contributed by atoms with van der Waals surface area (Å²) in [5, 5.41) is 0. The molecule has 0 radical (unpaired) electrons. The average Bonchev–Trinajstić information content (AvgIpc) is 2.56. The van der Waals surface area contributed by atoms with Gasteiger partial charge < -0.3 is 14.4 Å². The van der Waals surface area contributed by atoms with Gasteiger partial charge in [-0.25, -0.2) is 0 Å². The van der Waals surface area contributed by atoms with Gasteiger partial charge in [-0.15, -0.1) is 0 Å². The van der Waals surface area contributed by atoms with Crippen LogP contribution >= 0.6 is 0 Å². The Kier molecular flexibility index (Phi) is 6.07. The lowest BCUT2D eigenvalue weighted by Crippen LogP contribution is -2.34. The van der Waals surface area contributed by atoms with Crippen LogP contribution in [-0.2, 0) is 0 Å². The normalized spacial score (nSPS) is 14.6. The first-order valence-electron chi connectivity index (χ1n) is 7.73. The highest BCUT2D eigenvalue weighted by Gasteiger charge is 2.19. The molecule has 2 rings (SSSR count). The maximum absolute atomic E-state index is 5.74. The van der Waals surface area contributed by atoms with Crippen LogP contribution in [0.1, 0.15) is 20.3 Å². The van der Waals surface area contributed by atoms with E-state index >= 15 is 0 Å². The fourth-order valence-electron chi connectivity index (χ4n) is 2.28. The third kappa shape index (κ3) is 4.13. The van der Waals surface area contributed by atoms with Crippen molar-refractivity contribution in [1.29, 1.82) is 0 Å². The summed E-state index contributed by atoms with van der Waals surface area (Å²) in [4.78, 5) is 6.68. The van der Waals surface area contributed by atoms with Crippen molar-refractivity contribution in [2.75, 3.05) is 31.2 Å². The highest BCUT2D eigenvalue weighted by atomic mass is 16.5. The number of rotatable bonds is 7. The topological polar surface area (TPSA) is 34.1 Å². The van der Waals surface area contributed by atoms with E-state index in [0.29, 0.717) is 6.61 Å². The fraction of sp³-hybridized carbons (Fsp3) is 0.389. The van der Waals surface area contributed by atoms with E-state index < -0.39 is 0 Å². The minimum Gasteiger partial charge on any atom is -0.494 e. The molecule has 1 aromatic carbocycles. The van der Waals surface area contributed by atoms with Gasteiger partial charge in [0.05, 0.1) is 31.1 Å². The highest BCUT2D eigenvalue weighted by Crippen LogP contribution is 2.35. The molecule has 118 valence electrons. The molecular weight excluding hydrogens is 276 g/mol. The summed E-state index contributed by atoms with van der Waals surface area (Å²) in [6.45, 7) is 10.8. The molecule has 0 bridgehead atoms. The molecule has 22 heavy (non-hydrogen) atoms. The molecule has 1 aliphatic heterocycles. The van der Waals surface area contributed by atoms with Crippen molar-refractivity contribution in [3.05, 3.63) is 42.6 Å². The monoisotopic (exact) mass is 300 g/mol. The van der Waals surface area contributed by atoms with Crippen LogP contribution in [-0.4, -0.2) is 32.5 Å². The summed E-state index contributed by atoms with van der Waals surface area (Å²) in [5.41, 5.74) is 2.07. The number of aliphatic imine (C=N–C) groups is 1. The third-order valence-corrected chi connectivity index (χ3v) is 3.39. The summed E-state index contributed by atoms with van der Waals surface area (Å²) in [6, 6.07) is 5.99. The van der Waals surface area contributed by atoms with Crippen LogP contribution in [0.2, 0.25) is 0 Å². The first-order valence-corrected chi connectivity index (χ1v) is 7.73. The number of benzene rings is 1. The molecule has 0 fully saturated rings. The molecule has 4 heteroatoms. The smallest absolute Gasteiger partial charge is 0.142 e. The Labute approximate surface area is 132 Å². The van der Waals surface area contributed by atoms with Gasteiger partial charge in [0.2, 0.25) is 0 Å². The van der Waals surface area contributed by atoms with E-state index in [9.17, 15) is 0 Å². The molecule has 1 heterocycles. The predicted octanol–water partition coefficient (Wildman–Crippen LogP) is 3.83. The molecule has 0 N–H and O–H groups in total. The Morgan fingerprint density at radius 3 is 3.09 bits per heavy atom. The van der Waals surface area contributed by atoms with Crippen molar-refractivity contribution in [2.24, 2.45) is 4.99 Å². The summed E-state index contributed by atoms with van der Waals surface area (Å²) in [5.74, 6) is 1.78. The Balaban J connectivity index is 2.18. The van der Waals surface area contributed by atoms with E-state index in [1.165, 1.54) is 0 Å². The maximum atomic E-state index is 5.74. The van der Waals surface area contributed by atoms with E-state index in [-0.39, 0.29) is 0 Å². The number of anilines is 1. The lowest BCUT2D eigenvalue weighted by Gasteiger charge is -2.31. The first-order chi connectivity index (χ1) is 10.8. The number of hydrogen-bond donors (Lipinski definition) is 0. The first kappa shape index (κ1) is 16.1. The van der Waals surface area contributed by atoms with Gasteiger partial charge in [-0.2, -0.15) is 0 Å². The largest absolute Gasteiger partial charge is 0.494 e. The minimum atomic E-state index is 0.685. The zero-order valence-corrected chi connectivity index (χ0v) is 13.4. The quantitative estimate of drug-likeness (QED) is 0.718. The standard InChI is InChI=1S/C18H24N2O2/c1-4-9-19-15(6-3)14-20-10-12-22-18-8-7-16(13-17(18)20)21-11-5-2/h4,6-9,13H,1,5,10-12,14H2,2-3H3/b15-6-,19-9?. The van der Waals surface area contributed by atoms with Crippen molar-refractivity contribution in [1.82, 2.24) is 0 Å². The van der Waals surface area contributed by atoms with Crippen molar-refractivity contribution in [2.45, 2.75) is 20.3 Å². The lowest BCUT2D eigenvalue weighted by atomic mass is 10.2. The van der Waals surface area contributed by atoms with Crippen LogP contribution in [0.15, 0.2) is 47.6 Å². The molecule has 1 aliphatic rings. The van der Waals surface area contributed by atoms with Gasteiger partial charge in [-0.05, 0) is 25.5 Å². The second-order valence-electron chi connectivity index (χ2n) is 5.04. The molecular formula is C18H24N2O2. The molecule has 0 amide bonds. The van der Waals surface area contributed by atoms with E-state index in [2.05, 4.69) is 29.5 Å². The number of allylic oxidation sites excluding steroid dienone is 2. The zero-order valence-electron chi connectivity index (χ0n) is 13.4. The van der Waals surface area contributed by atoms with Gasteiger partial charge in [0.15, 0.2) is 0 Å². The van der Waals surface area contributed by atoms with E-state index in [4.69, 9.17) is 9.47 Å². The number of ether oxygens (including phenoxy) is 2. The molecule has 0 atom stereocenters. The highest BCUT2D eigenvalue weighted by molar-refractivity contribution is 5.71. The van der Waals surface area contributed by atoms with E-state index in [1.54, 1.807) is 12.3 Å². The zero-order chi connectivity index (χ0) is 15.8. The van der Waals surface area contributed by atoms with Crippen molar-refractivity contribution in [3.8, 4) is 11.5 Å². The van der Waals surface area contributed by atoms with Gasteiger partial charge in [0, 0.05) is 12.3 Å². The number of nitrogens with zero attached hydrogens (tertiary/aromatic N) is 2. The van der Waals surface area contributed by atoms with Crippen molar-refractivity contribution < 1.29 is 9.47 Å². The molecule has 0 saturated carbocycles. The summed E-state index contributed by atoms with van der Waals surface area (Å²) in [6.07, 6.45) is 6.42. The Morgan fingerprint density at radius 1 is 1.50 bits per heavy atom. The Morgan fingerprint density at radius 2 is 2.36 bits per heavy atom. The third-order valence-electron chi connectivity index (χ3n) is 3.39. The van der Waals surface area contributed by atoms with Gasteiger partial charge in [0.25, 0.3) is 0 Å². The Hall–Kier alpha value is -2.23. The molecule has 1 aromatic rings. The molecule has 0 aliphatic carbocycles. The molecule has 0 spiro atoms. The molecule has 0 aromatic heterocycles. The van der Waals surface area contributed by atoms with E-state index in [0.717, 1.165) is 49.0 Å². The minimum absolute atomic E-state index is 0.685. The number of hydrogen-bond acceptors (Lipinski definition) is 4. The average molecular weight is 300 g/mol. The van der Waals surface area contributed by atoms with Crippen LogP contribution in [0.3, 0.4) is 0 Å². The van der Waals surface area contributed by atoms with Crippen LogP contribution < -0.4 is 14.4 Å². The maximum Gasteiger partial charge on any atom is 0.142 e. The summed E-state index contributed by atoms with van der Waals surface area (Å²) in [7, 11) is 0. The summed E-state index contributed by atoms with van der Waals surface area (Å²) >= 11 is 0. The molecule has 0 unspecified atom stereocenters. The van der Waals surface area contributed by atoms with Crippen molar-refractivity contribution in [3.63, 3.8) is 0 Å².